The van der Waals surface area contributed by atoms with Gasteiger partial charge in [0, 0.05) is 29.3 Å². The number of nitrogens with two attached hydrogens (primary N) is 1. The van der Waals surface area contributed by atoms with Crippen LogP contribution in [0.25, 0.3) is 32.1 Å². The maximum absolute atomic E-state index is 15.0. The van der Waals surface area contributed by atoms with E-state index in [1.807, 2.05) is 0 Å². The standard InChI is InChI=1S/C32H30ClFN8O2S/c1-42-10-2-3-16(42)6-9-22-38-28-26(31(39-22)37-12-23-40-41-32(44-23)15-4-5-15)20-14-43-13-19(20)24(27(28)33)17-7-8-21(34)29-25(17)18(11-35)30(36)45-29/h7-8,15-16H,2-6,9-10,12-14,36H2,1H3,(H,37,38,39)/t16-/m0/s1. The number of aromatic nitrogens is 4. The Bertz CT molecular complexity index is 2030. The van der Waals surface area contributed by atoms with E-state index in [4.69, 9.17) is 36.5 Å². The average Bonchev–Trinajstić information content (AvgIpc) is 3.35. The topological polar surface area (TPSA) is 139 Å². The van der Waals surface area contributed by atoms with Crippen molar-refractivity contribution in [2.75, 3.05) is 24.6 Å². The number of ether oxygens (including phenoxy) is 1. The van der Waals surface area contributed by atoms with Crippen molar-refractivity contribution >= 4 is 54.7 Å². The number of halogens is 2. The van der Waals surface area contributed by atoms with Gasteiger partial charge >= 0.3 is 0 Å². The molecule has 0 radical (unpaired) electrons. The first-order valence-electron chi connectivity index (χ1n) is 15.2. The summed E-state index contributed by atoms with van der Waals surface area (Å²) in [4.78, 5) is 12.5. The minimum atomic E-state index is -0.435. The number of nitrogens with zero attached hydrogens (tertiary/aromatic N) is 6. The first-order chi connectivity index (χ1) is 21.9. The molecular weight excluding hydrogens is 615 g/mol. The summed E-state index contributed by atoms with van der Waals surface area (Å²) < 4.78 is 27.2. The number of benzene rings is 2. The van der Waals surface area contributed by atoms with Crippen LogP contribution in [0, 0.1) is 17.1 Å². The van der Waals surface area contributed by atoms with Crippen LogP contribution >= 0.6 is 22.9 Å². The molecule has 1 aliphatic carbocycles. The number of thiophene rings is 1. The van der Waals surface area contributed by atoms with E-state index in [-0.39, 0.29) is 10.6 Å². The molecule has 0 spiro atoms. The van der Waals surface area contributed by atoms with Crippen molar-refractivity contribution in [2.24, 2.45) is 0 Å². The Morgan fingerprint density at radius 1 is 1.18 bits per heavy atom. The molecule has 1 saturated carbocycles. The average molecular weight is 645 g/mol. The van der Waals surface area contributed by atoms with Crippen molar-refractivity contribution < 1.29 is 13.5 Å². The lowest BCUT2D eigenvalue weighted by molar-refractivity contribution is 0.135. The molecule has 2 aromatic carbocycles. The van der Waals surface area contributed by atoms with Gasteiger partial charge in [-0.3, -0.25) is 0 Å². The quantitative estimate of drug-likeness (QED) is 0.188. The second kappa shape index (κ2) is 11.2. The number of nitrogens with one attached hydrogen (secondary N) is 1. The van der Waals surface area contributed by atoms with Crippen LogP contribution in [0.2, 0.25) is 5.02 Å². The summed E-state index contributed by atoms with van der Waals surface area (Å²) in [6, 6.07) is 5.71. The van der Waals surface area contributed by atoms with Crippen molar-refractivity contribution in [3.05, 3.63) is 57.3 Å². The Kier molecular flexibility index (Phi) is 7.09. The van der Waals surface area contributed by atoms with Gasteiger partial charge in [-0.2, -0.15) is 5.26 Å². The van der Waals surface area contributed by atoms with Gasteiger partial charge < -0.3 is 25.1 Å². The largest absolute Gasteiger partial charge is 0.423 e. The monoisotopic (exact) mass is 644 g/mol. The van der Waals surface area contributed by atoms with E-state index in [0.717, 1.165) is 60.1 Å². The molecule has 3 N–H and O–H groups in total. The molecule has 45 heavy (non-hydrogen) atoms. The molecule has 5 heterocycles. The van der Waals surface area contributed by atoms with Crippen LogP contribution in [0.3, 0.4) is 0 Å². The summed E-state index contributed by atoms with van der Waals surface area (Å²) in [7, 11) is 2.16. The van der Waals surface area contributed by atoms with E-state index < -0.39 is 5.82 Å². The molecule has 0 bridgehead atoms. The van der Waals surface area contributed by atoms with Crippen LogP contribution in [0.1, 0.15) is 72.3 Å². The number of fused-ring (bicyclic) bond motifs is 4. The van der Waals surface area contributed by atoms with Gasteiger partial charge in [0.25, 0.3) is 0 Å². The van der Waals surface area contributed by atoms with Gasteiger partial charge in [-0.1, -0.05) is 17.7 Å². The number of likely N-dealkylation sites (tertiary alicyclic amines) is 1. The van der Waals surface area contributed by atoms with Crippen LogP contribution in [0.15, 0.2) is 16.5 Å². The molecule has 3 aromatic heterocycles. The van der Waals surface area contributed by atoms with E-state index in [0.29, 0.717) is 93.3 Å². The van der Waals surface area contributed by atoms with Crippen molar-refractivity contribution in [1.29, 1.82) is 5.26 Å². The highest BCUT2D eigenvalue weighted by Gasteiger charge is 2.31. The minimum Gasteiger partial charge on any atom is -0.423 e. The molecule has 13 heteroatoms. The molecule has 1 saturated heterocycles. The van der Waals surface area contributed by atoms with E-state index in [2.05, 4.69) is 33.5 Å². The van der Waals surface area contributed by atoms with Gasteiger partial charge in [0.15, 0.2) is 0 Å². The van der Waals surface area contributed by atoms with Crippen LogP contribution in [-0.2, 0) is 30.9 Å². The maximum Gasteiger partial charge on any atom is 0.235 e. The molecule has 1 atom stereocenters. The van der Waals surface area contributed by atoms with Crippen molar-refractivity contribution in [3.63, 3.8) is 0 Å². The normalized spacial score (nSPS) is 18.2. The van der Waals surface area contributed by atoms with Crippen LogP contribution in [0.4, 0.5) is 15.2 Å². The third-order valence-corrected chi connectivity index (χ3v) is 10.6. The van der Waals surface area contributed by atoms with Crippen molar-refractivity contribution in [2.45, 2.75) is 70.2 Å². The lowest BCUT2D eigenvalue weighted by atomic mass is 9.91. The third-order valence-electron chi connectivity index (χ3n) is 9.23. The molecular formula is C32H30ClFN8O2S. The highest BCUT2D eigenvalue weighted by atomic mass is 35.5. The van der Waals surface area contributed by atoms with Crippen LogP contribution in [-0.4, -0.2) is 44.7 Å². The fourth-order valence-electron chi connectivity index (χ4n) is 6.74. The fraction of sp³-hybridized carbons (Fsp3) is 0.406. The number of nitriles is 1. The lowest BCUT2D eigenvalue weighted by Gasteiger charge is -2.20. The van der Waals surface area contributed by atoms with Crippen molar-refractivity contribution in [1.82, 2.24) is 25.1 Å². The van der Waals surface area contributed by atoms with Gasteiger partial charge in [0.1, 0.15) is 28.5 Å². The molecule has 2 aliphatic heterocycles. The molecule has 0 amide bonds. The molecule has 3 aliphatic rings. The summed E-state index contributed by atoms with van der Waals surface area (Å²) in [5.41, 5.74) is 10.1. The van der Waals surface area contributed by atoms with Gasteiger partial charge in [-0.05, 0) is 68.5 Å². The third kappa shape index (κ3) is 4.89. The Morgan fingerprint density at radius 2 is 2.02 bits per heavy atom. The molecule has 2 fully saturated rings. The van der Waals surface area contributed by atoms with Crippen molar-refractivity contribution in [3.8, 4) is 17.2 Å². The smallest absolute Gasteiger partial charge is 0.235 e. The number of anilines is 2. The van der Waals surface area contributed by atoms with Crippen LogP contribution < -0.4 is 11.1 Å². The number of nitrogen functional groups attached to an aromatic ring is 1. The van der Waals surface area contributed by atoms with Gasteiger partial charge in [0.2, 0.25) is 11.8 Å². The maximum atomic E-state index is 15.0. The molecule has 230 valence electrons. The summed E-state index contributed by atoms with van der Waals surface area (Å²) in [6.07, 6.45) is 6.08. The zero-order chi connectivity index (χ0) is 30.8. The Balaban J connectivity index is 1.29. The number of hydrogen-bond acceptors (Lipinski definition) is 11. The predicted octanol–water partition coefficient (Wildman–Crippen LogP) is 6.69. The highest BCUT2D eigenvalue weighted by Crippen LogP contribution is 2.49. The number of hydrogen-bond donors (Lipinski definition) is 2. The fourth-order valence-corrected chi connectivity index (χ4v) is 8.04. The van der Waals surface area contributed by atoms with Crippen LogP contribution in [0.5, 0.6) is 0 Å². The molecule has 10 nitrogen and oxygen atoms in total. The first-order valence-corrected chi connectivity index (χ1v) is 16.4. The number of aryl methyl sites for hydroxylation is 1. The summed E-state index contributed by atoms with van der Waals surface area (Å²) >= 11 is 8.40. The summed E-state index contributed by atoms with van der Waals surface area (Å²) in [5, 5.41) is 23.8. The van der Waals surface area contributed by atoms with Gasteiger partial charge in [-0.25, -0.2) is 14.4 Å². The Hall–Kier alpha value is -3.89. The van der Waals surface area contributed by atoms with E-state index in [1.54, 1.807) is 6.07 Å². The number of rotatable bonds is 8. The Morgan fingerprint density at radius 3 is 2.80 bits per heavy atom. The highest BCUT2D eigenvalue weighted by molar-refractivity contribution is 7.23. The Labute approximate surface area is 267 Å². The van der Waals surface area contributed by atoms with E-state index in [1.165, 1.54) is 12.5 Å². The van der Waals surface area contributed by atoms with E-state index in [9.17, 15) is 9.65 Å². The molecule has 0 unspecified atom stereocenters. The zero-order valence-electron chi connectivity index (χ0n) is 24.6. The molecule has 5 aromatic rings. The predicted molar refractivity (Wildman–Crippen MR) is 171 cm³/mol. The minimum absolute atomic E-state index is 0.241. The van der Waals surface area contributed by atoms with Gasteiger partial charge in [-0.15, -0.1) is 21.5 Å². The zero-order valence-corrected chi connectivity index (χ0v) is 26.2. The summed E-state index contributed by atoms with van der Waals surface area (Å²) in [6.45, 7) is 2.01. The summed E-state index contributed by atoms with van der Waals surface area (Å²) in [5.74, 6) is 2.39. The van der Waals surface area contributed by atoms with Gasteiger partial charge in [0.05, 0.1) is 45.9 Å². The second-order valence-corrected chi connectivity index (χ2v) is 13.5. The lowest BCUT2D eigenvalue weighted by Crippen LogP contribution is -2.25. The second-order valence-electron chi connectivity index (χ2n) is 12.1. The first kappa shape index (κ1) is 28.6. The molecule has 8 rings (SSSR count). The SMILES string of the molecule is CN1CCC[C@H]1CCc1nc(NCc2nnc(C3CC3)o2)c2c3c(c(-c4ccc(F)c5sc(N)c(C#N)c45)c(Cl)c2n1)COC3. The van der Waals surface area contributed by atoms with E-state index >= 15 is 0 Å².